The molecule has 0 saturated carbocycles. The number of carbonyl (C=O) groups is 2. The van der Waals surface area contributed by atoms with Crippen LogP contribution >= 0.6 is 0 Å². The number of carboxylic acids is 1. The zero-order valence-electron chi connectivity index (χ0n) is 16.6. The van der Waals surface area contributed by atoms with Crippen LogP contribution in [0, 0.1) is 0 Å². The van der Waals surface area contributed by atoms with Gasteiger partial charge in [-0.25, -0.2) is 4.79 Å². The van der Waals surface area contributed by atoms with Crippen LogP contribution in [0.2, 0.25) is 0 Å². The second kappa shape index (κ2) is 9.43. The van der Waals surface area contributed by atoms with Gasteiger partial charge in [-0.1, -0.05) is 24.3 Å². The molecule has 0 aliphatic heterocycles. The maximum absolute atomic E-state index is 12.7. The van der Waals surface area contributed by atoms with Crippen molar-refractivity contribution in [3.8, 4) is 11.5 Å². The topological polar surface area (TPSA) is 84.9 Å². The van der Waals surface area contributed by atoms with E-state index in [0.29, 0.717) is 5.69 Å². The molecule has 3 aromatic carbocycles. The normalized spacial score (nSPS) is 10.1. The average Bonchev–Trinajstić information content (AvgIpc) is 2.78. The molecule has 3 rings (SSSR count). The molecule has 3 aromatic rings. The summed E-state index contributed by atoms with van der Waals surface area (Å²) < 4.78 is 10.4. The number of carbonyl (C=O) groups excluding carboxylic acids is 1. The molecule has 6 heteroatoms. The Balaban J connectivity index is 1.91. The first-order chi connectivity index (χ1) is 14.5. The summed E-state index contributed by atoms with van der Waals surface area (Å²) in [5.74, 6) is 0.0837. The maximum Gasteiger partial charge on any atom is 0.335 e. The Morgan fingerprint density at radius 3 is 1.57 bits per heavy atom. The van der Waals surface area contributed by atoms with Crippen molar-refractivity contribution < 1.29 is 24.2 Å². The monoisotopic (exact) mass is 403 g/mol. The van der Waals surface area contributed by atoms with E-state index >= 15 is 0 Å². The lowest BCUT2D eigenvalue weighted by Gasteiger charge is -2.11. The zero-order valence-corrected chi connectivity index (χ0v) is 16.6. The molecule has 0 saturated heterocycles. The van der Waals surface area contributed by atoms with E-state index in [-0.39, 0.29) is 11.5 Å². The number of anilines is 1. The third-order valence-electron chi connectivity index (χ3n) is 4.48. The van der Waals surface area contributed by atoms with Crippen molar-refractivity contribution in [1.29, 1.82) is 0 Å². The molecule has 30 heavy (non-hydrogen) atoms. The predicted molar refractivity (Wildman–Crippen MR) is 115 cm³/mol. The van der Waals surface area contributed by atoms with Gasteiger partial charge in [0.25, 0.3) is 0 Å². The first-order valence-corrected chi connectivity index (χ1v) is 9.15. The summed E-state index contributed by atoms with van der Waals surface area (Å²) in [6.45, 7) is 0. The number of aromatic carboxylic acids is 1. The number of ether oxygens (including phenoxy) is 2. The largest absolute Gasteiger partial charge is 0.497 e. The Morgan fingerprint density at radius 2 is 1.17 bits per heavy atom. The van der Waals surface area contributed by atoms with Gasteiger partial charge in [0.05, 0.1) is 19.8 Å². The van der Waals surface area contributed by atoms with E-state index in [2.05, 4.69) is 5.32 Å². The van der Waals surface area contributed by atoms with Crippen LogP contribution in [0.1, 0.15) is 21.5 Å². The Kier molecular flexibility index (Phi) is 6.49. The van der Waals surface area contributed by atoms with Gasteiger partial charge in [-0.2, -0.15) is 0 Å². The van der Waals surface area contributed by atoms with Gasteiger partial charge in [-0.3, -0.25) is 4.79 Å². The molecule has 0 radical (unpaired) electrons. The van der Waals surface area contributed by atoms with Crippen molar-refractivity contribution in [2.24, 2.45) is 0 Å². The van der Waals surface area contributed by atoms with Crippen LogP contribution < -0.4 is 14.8 Å². The molecule has 0 bridgehead atoms. The van der Waals surface area contributed by atoms with Crippen molar-refractivity contribution in [3.05, 3.63) is 95.6 Å². The van der Waals surface area contributed by atoms with Crippen LogP contribution in [-0.2, 0) is 4.79 Å². The summed E-state index contributed by atoms with van der Waals surface area (Å²) in [7, 11) is 3.19. The summed E-state index contributed by atoms with van der Waals surface area (Å²) in [5.41, 5.74) is 3.07. The van der Waals surface area contributed by atoms with Crippen LogP contribution in [0.3, 0.4) is 0 Å². The van der Waals surface area contributed by atoms with E-state index < -0.39 is 5.97 Å². The number of nitrogens with one attached hydrogen (secondary N) is 1. The quantitative estimate of drug-likeness (QED) is 0.569. The second-order valence-electron chi connectivity index (χ2n) is 6.39. The molecular weight excluding hydrogens is 382 g/mol. The first-order valence-electron chi connectivity index (χ1n) is 9.15. The molecule has 1 amide bonds. The lowest BCUT2D eigenvalue weighted by atomic mass is 9.97. The third kappa shape index (κ3) is 5.05. The Hall–Kier alpha value is -4.06. The van der Waals surface area contributed by atoms with Crippen LogP contribution in [0.25, 0.3) is 5.57 Å². The highest BCUT2D eigenvalue weighted by molar-refractivity contribution is 6.06. The van der Waals surface area contributed by atoms with Gasteiger partial charge in [0.15, 0.2) is 0 Å². The van der Waals surface area contributed by atoms with Crippen LogP contribution in [0.4, 0.5) is 5.69 Å². The molecule has 0 heterocycles. The van der Waals surface area contributed by atoms with Gasteiger partial charge in [-0.05, 0) is 65.2 Å². The maximum atomic E-state index is 12.7. The molecule has 0 unspecified atom stereocenters. The molecule has 0 aliphatic rings. The average molecular weight is 403 g/mol. The fourth-order valence-electron chi connectivity index (χ4n) is 2.88. The van der Waals surface area contributed by atoms with E-state index in [1.54, 1.807) is 26.4 Å². The highest BCUT2D eigenvalue weighted by atomic mass is 16.5. The molecule has 0 atom stereocenters. The van der Waals surface area contributed by atoms with Gasteiger partial charge in [0.1, 0.15) is 11.5 Å². The van der Waals surface area contributed by atoms with E-state index in [0.717, 1.165) is 28.2 Å². The molecule has 0 aromatic heterocycles. The minimum absolute atomic E-state index is 0.153. The Bertz CT molecular complexity index is 1000. The van der Waals surface area contributed by atoms with Gasteiger partial charge in [-0.15, -0.1) is 0 Å². The van der Waals surface area contributed by atoms with Crippen molar-refractivity contribution in [1.82, 2.24) is 0 Å². The van der Waals surface area contributed by atoms with Gasteiger partial charge in [0.2, 0.25) is 5.91 Å². The van der Waals surface area contributed by atoms with E-state index in [1.165, 1.54) is 18.2 Å². The fourth-order valence-corrected chi connectivity index (χ4v) is 2.88. The van der Waals surface area contributed by atoms with Crippen molar-refractivity contribution in [2.75, 3.05) is 19.5 Å². The lowest BCUT2D eigenvalue weighted by molar-refractivity contribution is -0.111. The van der Waals surface area contributed by atoms with E-state index in [4.69, 9.17) is 14.6 Å². The first kappa shape index (κ1) is 20.7. The number of methoxy groups -OCH3 is 2. The van der Waals surface area contributed by atoms with E-state index in [1.807, 2.05) is 48.5 Å². The number of hydrogen-bond acceptors (Lipinski definition) is 4. The SMILES string of the molecule is COc1ccc(C(=CC(=O)Nc2ccc(C(=O)O)cc2)c2ccc(OC)cc2)cc1. The minimum Gasteiger partial charge on any atom is -0.497 e. The van der Waals surface area contributed by atoms with Crippen LogP contribution in [-0.4, -0.2) is 31.2 Å². The highest BCUT2D eigenvalue weighted by Crippen LogP contribution is 2.27. The Labute approximate surface area is 174 Å². The van der Waals surface area contributed by atoms with Crippen molar-refractivity contribution >= 4 is 23.1 Å². The molecule has 0 aliphatic carbocycles. The lowest BCUT2D eigenvalue weighted by Crippen LogP contribution is -2.09. The summed E-state index contributed by atoms with van der Waals surface area (Å²) in [6.07, 6.45) is 1.51. The number of rotatable bonds is 7. The van der Waals surface area contributed by atoms with Gasteiger partial charge < -0.3 is 19.9 Å². The van der Waals surface area contributed by atoms with Crippen molar-refractivity contribution in [2.45, 2.75) is 0 Å². The summed E-state index contributed by atoms with van der Waals surface area (Å²) >= 11 is 0. The molecule has 0 fully saturated rings. The standard InChI is InChI=1S/C24H21NO5/c1-29-20-11-5-16(6-12-20)22(17-7-13-21(30-2)14-8-17)15-23(26)25-19-9-3-18(4-10-19)24(27)28/h3-15H,1-2H3,(H,25,26)(H,27,28). The predicted octanol–water partition coefficient (Wildman–Crippen LogP) is 4.47. The van der Waals surface area contributed by atoms with Gasteiger partial charge >= 0.3 is 5.97 Å². The van der Waals surface area contributed by atoms with Crippen LogP contribution in [0.5, 0.6) is 11.5 Å². The minimum atomic E-state index is -1.02. The zero-order chi connectivity index (χ0) is 21.5. The second-order valence-corrected chi connectivity index (χ2v) is 6.39. The molecule has 0 spiro atoms. The number of hydrogen-bond donors (Lipinski definition) is 2. The summed E-state index contributed by atoms with van der Waals surface area (Å²) in [4.78, 5) is 23.7. The molecule has 152 valence electrons. The smallest absolute Gasteiger partial charge is 0.335 e. The van der Waals surface area contributed by atoms with Crippen molar-refractivity contribution in [3.63, 3.8) is 0 Å². The Morgan fingerprint density at radius 1 is 0.733 bits per heavy atom. The summed E-state index contributed by atoms with van der Waals surface area (Å²) in [6, 6.07) is 20.8. The highest BCUT2D eigenvalue weighted by Gasteiger charge is 2.10. The summed E-state index contributed by atoms with van der Waals surface area (Å²) in [5, 5.41) is 11.8. The number of benzene rings is 3. The third-order valence-corrected chi connectivity index (χ3v) is 4.48. The molecular formula is C24H21NO5. The molecule has 2 N–H and O–H groups in total. The molecule has 6 nitrogen and oxygen atoms in total. The fraction of sp³-hybridized carbons (Fsp3) is 0.0833. The number of carboxylic acid groups (broad SMARTS) is 1. The number of amides is 1. The van der Waals surface area contributed by atoms with E-state index in [9.17, 15) is 9.59 Å². The van der Waals surface area contributed by atoms with Crippen LogP contribution in [0.15, 0.2) is 78.9 Å². The van der Waals surface area contributed by atoms with Gasteiger partial charge in [0, 0.05) is 11.8 Å².